The molecular formula is C15H11NO2S. The number of nitrogens with zero attached hydrogens (tertiary/aromatic N) is 1. The van der Waals surface area contributed by atoms with Crippen molar-refractivity contribution in [2.24, 2.45) is 0 Å². The zero-order valence-corrected chi connectivity index (χ0v) is 10.9. The zero-order valence-electron chi connectivity index (χ0n) is 10.1. The number of rotatable bonds is 4. The number of furan rings is 1. The maximum absolute atomic E-state index is 12.1. The second kappa shape index (κ2) is 5.20. The van der Waals surface area contributed by atoms with Crippen molar-refractivity contribution < 1.29 is 9.21 Å². The van der Waals surface area contributed by atoms with E-state index in [2.05, 4.69) is 4.98 Å². The second-order valence-electron chi connectivity index (χ2n) is 4.12. The van der Waals surface area contributed by atoms with Crippen LogP contribution in [-0.4, -0.2) is 10.8 Å². The third kappa shape index (κ3) is 2.63. The van der Waals surface area contributed by atoms with E-state index in [1.807, 2.05) is 41.8 Å². The third-order valence-corrected chi connectivity index (χ3v) is 3.70. The van der Waals surface area contributed by atoms with Crippen LogP contribution in [0.2, 0.25) is 0 Å². The summed E-state index contributed by atoms with van der Waals surface area (Å²) in [7, 11) is 0. The van der Waals surface area contributed by atoms with Gasteiger partial charge in [0.15, 0.2) is 5.78 Å². The standard InChI is InChI=1S/C15H11NO2S/c17-14(11-4-2-1-3-5-11)8-13-10-19-15(16-13)12-6-7-18-9-12/h1-7,9-10H,8H2. The fraction of sp³-hybridized carbons (Fsp3) is 0.0667. The summed E-state index contributed by atoms with van der Waals surface area (Å²) in [5.74, 6) is 0.0876. The number of ketones is 1. The average molecular weight is 269 g/mol. The Bertz CT molecular complexity index is 671. The summed E-state index contributed by atoms with van der Waals surface area (Å²) in [6.45, 7) is 0. The molecule has 0 bridgehead atoms. The Morgan fingerprint density at radius 1 is 1.21 bits per heavy atom. The first-order valence-corrected chi connectivity index (χ1v) is 6.76. The molecule has 94 valence electrons. The maximum atomic E-state index is 12.1. The maximum Gasteiger partial charge on any atom is 0.168 e. The molecule has 0 aliphatic rings. The SMILES string of the molecule is O=C(Cc1csc(-c2ccoc2)n1)c1ccccc1. The summed E-state index contributed by atoms with van der Waals surface area (Å²) in [5, 5.41) is 2.80. The van der Waals surface area contributed by atoms with E-state index in [1.54, 1.807) is 12.5 Å². The molecule has 0 saturated heterocycles. The van der Waals surface area contributed by atoms with Gasteiger partial charge < -0.3 is 4.42 Å². The van der Waals surface area contributed by atoms with Gasteiger partial charge in [0.05, 0.1) is 18.4 Å². The van der Waals surface area contributed by atoms with Gasteiger partial charge in [-0.2, -0.15) is 0 Å². The van der Waals surface area contributed by atoms with Crippen molar-refractivity contribution in [2.45, 2.75) is 6.42 Å². The van der Waals surface area contributed by atoms with Gasteiger partial charge in [-0.15, -0.1) is 11.3 Å². The molecule has 0 unspecified atom stereocenters. The van der Waals surface area contributed by atoms with Crippen LogP contribution in [0.1, 0.15) is 16.1 Å². The molecule has 3 rings (SSSR count). The van der Waals surface area contributed by atoms with E-state index < -0.39 is 0 Å². The lowest BCUT2D eigenvalue weighted by Crippen LogP contribution is -2.03. The molecule has 0 aliphatic heterocycles. The van der Waals surface area contributed by atoms with Crippen molar-refractivity contribution in [3.05, 3.63) is 65.6 Å². The summed E-state index contributed by atoms with van der Waals surface area (Å²) in [4.78, 5) is 16.5. The Balaban J connectivity index is 1.76. The molecular weight excluding hydrogens is 258 g/mol. The van der Waals surface area contributed by atoms with Crippen LogP contribution < -0.4 is 0 Å². The molecule has 0 N–H and O–H groups in total. The Labute approximate surface area is 114 Å². The first-order valence-electron chi connectivity index (χ1n) is 5.88. The summed E-state index contributed by atoms with van der Waals surface area (Å²) in [6.07, 6.45) is 3.60. The van der Waals surface area contributed by atoms with Crippen molar-refractivity contribution >= 4 is 17.1 Å². The van der Waals surface area contributed by atoms with Crippen LogP contribution in [0.3, 0.4) is 0 Å². The predicted molar refractivity (Wildman–Crippen MR) is 74.3 cm³/mol. The van der Waals surface area contributed by atoms with Crippen LogP contribution in [0, 0.1) is 0 Å². The van der Waals surface area contributed by atoms with Gasteiger partial charge in [-0.25, -0.2) is 4.98 Å². The molecule has 4 heteroatoms. The zero-order chi connectivity index (χ0) is 13.1. The highest BCUT2D eigenvalue weighted by molar-refractivity contribution is 7.13. The Morgan fingerprint density at radius 3 is 2.79 bits per heavy atom. The molecule has 3 aromatic rings. The molecule has 0 atom stereocenters. The van der Waals surface area contributed by atoms with Crippen LogP contribution >= 0.6 is 11.3 Å². The van der Waals surface area contributed by atoms with E-state index in [9.17, 15) is 4.79 Å². The second-order valence-corrected chi connectivity index (χ2v) is 4.98. The topological polar surface area (TPSA) is 43.1 Å². The number of carbonyl (C=O) groups excluding carboxylic acids is 1. The number of thiazole rings is 1. The minimum Gasteiger partial charge on any atom is -0.472 e. The number of benzene rings is 1. The molecule has 3 nitrogen and oxygen atoms in total. The molecule has 0 amide bonds. The summed E-state index contributed by atoms with van der Waals surface area (Å²) in [6, 6.07) is 11.1. The number of aromatic nitrogens is 1. The normalized spacial score (nSPS) is 10.5. The summed E-state index contributed by atoms with van der Waals surface area (Å²) >= 11 is 1.52. The van der Waals surface area contributed by atoms with Crippen LogP contribution in [0.25, 0.3) is 10.6 Å². The molecule has 2 heterocycles. The van der Waals surface area contributed by atoms with Gasteiger partial charge >= 0.3 is 0 Å². The largest absolute Gasteiger partial charge is 0.472 e. The highest BCUT2D eigenvalue weighted by Crippen LogP contribution is 2.24. The van der Waals surface area contributed by atoms with Gasteiger partial charge in [-0.3, -0.25) is 4.79 Å². The Kier molecular flexibility index (Phi) is 3.25. The highest BCUT2D eigenvalue weighted by Gasteiger charge is 2.11. The first kappa shape index (κ1) is 11.9. The van der Waals surface area contributed by atoms with Gasteiger partial charge in [-0.05, 0) is 6.07 Å². The third-order valence-electron chi connectivity index (χ3n) is 2.76. The van der Waals surface area contributed by atoms with E-state index in [-0.39, 0.29) is 5.78 Å². The molecule has 1 aromatic carbocycles. The average Bonchev–Trinajstić information content (AvgIpc) is 3.10. The van der Waals surface area contributed by atoms with E-state index >= 15 is 0 Å². The molecule has 0 radical (unpaired) electrons. The first-order chi connectivity index (χ1) is 9.33. The lowest BCUT2D eigenvalue weighted by atomic mass is 10.1. The van der Waals surface area contributed by atoms with Gasteiger partial charge in [0.2, 0.25) is 0 Å². The van der Waals surface area contributed by atoms with E-state index in [4.69, 9.17) is 4.42 Å². The van der Waals surface area contributed by atoms with Crippen LogP contribution in [0.5, 0.6) is 0 Å². The Hall–Kier alpha value is -2.20. The van der Waals surface area contributed by atoms with Gasteiger partial charge in [0.1, 0.15) is 11.3 Å². The van der Waals surface area contributed by atoms with Crippen molar-refractivity contribution in [1.29, 1.82) is 0 Å². The fourth-order valence-corrected chi connectivity index (χ4v) is 2.60. The van der Waals surface area contributed by atoms with E-state index in [0.717, 1.165) is 21.8 Å². The molecule has 0 aliphatic carbocycles. The smallest absolute Gasteiger partial charge is 0.168 e. The molecule has 2 aromatic heterocycles. The number of hydrogen-bond acceptors (Lipinski definition) is 4. The van der Waals surface area contributed by atoms with Crippen LogP contribution in [0.4, 0.5) is 0 Å². The van der Waals surface area contributed by atoms with Crippen molar-refractivity contribution in [3.8, 4) is 10.6 Å². The van der Waals surface area contributed by atoms with Gasteiger partial charge in [0, 0.05) is 16.5 Å². The van der Waals surface area contributed by atoms with Crippen LogP contribution in [-0.2, 0) is 6.42 Å². The molecule has 0 spiro atoms. The van der Waals surface area contributed by atoms with Crippen molar-refractivity contribution in [3.63, 3.8) is 0 Å². The number of hydrogen-bond donors (Lipinski definition) is 0. The fourth-order valence-electron chi connectivity index (χ4n) is 1.80. The van der Waals surface area contributed by atoms with Crippen molar-refractivity contribution in [1.82, 2.24) is 4.98 Å². The minimum absolute atomic E-state index is 0.0876. The summed E-state index contributed by atoms with van der Waals surface area (Å²) < 4.78 is 5.03. The predicted octanol–water partition coefficient (Wildman–Crippen LogP) is 3.83. The highest BCUT2D eigenvalue weighted by atomic mass is 32.1. The number of Topliss-reactive ketones (excluding diaryl/α,β-unsaturated/α-hetero) is 1. The lowest BCUT2D eigenvalue weighted by Gasteiger charge is -1.97. The van der Waals surface area contributed by atoms with Gasteiger partial charge in [0.25, 0.3) is 0 Å². The van der Waals surface area contributed by atoms with Crippen LogP contribution in [0.15, 0.2) is 58.7 Å². The molecule has 0 fully saturated rings. The molecule has 0 saturated carbocycles. The van der Waals surface area contributed by atoms with Crippen molar-refractivity contribution in [2.75, 3.05) is 0 Å². The lowest BCUT2D eigenvalue weighted by molar-refractivity contribution is 0.0992. The van der Waals surface area contributed by atoms with Gasteiger partial charge in [-0.1, -0.05) is 30.3 Å². The monoisotopic (exact) mass is 269 g/mol. The van der Waals surface area contributed by atoms with E-state index in [1.165, 1.54) is 11.3 Å². The Morgan fingerprint density at radius 2 is 2.05 bits per heavy atom. The quantitative estimate of drug-likeness (QED) is 0.676. The minimum atomic E-state index is 0.0876. The molecule has 19 heavy (non-hydrogen) atoms. The summed E-state index contributed by atoms with van der Waals surface area (Å²) in [5.41, 5.74) is 2.47. The van der Waals surface area contributed by atoms with E-state index in [0.29, 0.717) is 6.42 Å². The number of carbonyl (C=O) groups is 1.